The van der Waals surface area contributed by atoms with Crippen LogP contribution in [0.1, 0.15) is 46.5 Å². The van der Waals surface area contributed by atoms with Gasteiger partial charge in [-0.15, -0.1) is 0 Å². The highest BCUT2D eigenvalue weighted by Gasteiger charge is 2.41. The second-order valence-electron chi connectivity index (χ2n) is 5.88. The lowest BCUT2D eigenvalue weighted by atomic mass is 10.0. The Kier molecular flexibility index (Phi) is 4.26. The molecule has 0 radical (unpaired) electrons. The van der Waals surface area contributed by atoms with E-state index in [1.807, 2.05) is 6.92 Å². The van der Waals surface area contributed by atoms with Crippen LogP contribution in [0.3, 0.4) is 0 Å². The molecule has 0 aliphatic carbocycles. The van der Waals surface area contributed by atoms with Crippen molar-refractivity contribution >= 4 is 0 Å². The normalized spacial score (nSPS) is 37.3. The van der Waals surface area contributed by atoms with Crippen LogP contribution in [0.5, 0.6) is 0 Å². The molecular formula is C14H24N2O2. The minimum absolute atomic E-state index is 0.0473. The van der Waals surface area contributed by atoms with Gasteiger partial charge in [0.1, 0.15) is 0 Å². The van der Waals surface area contributed by atoms with Gasteiger partial charge in [-0.1, -0.05) is 0 Å². The van der Waals surface area contributed by atoms with E-state index in [2.05, 4.69) is 24.8 Å². The molecule has 4 heteroatoms. The van der Waals surface area contributed by atoms with Crippen LogP contribution >= 0.6 is 0 Å². The summed E-state index contributed by atoms with van der Waals surface area (Å²) >= 11 is 0. The average molecular weight is 252 g/mol. The summed E-state index contributed by atoms with van der Waals surface area (Å²) in [6.07, 6.45) is 3.78. The van der Waals surface area contributed by atoms with Crippen LogP contribution in [0.25, 0.3) is 0 Å². The first kappa shape index (κ1) is 13.8. The summed E-state index contributed by atoms with van der Waals surface area (Å²) in [7, 11) is 0. The van der Waals surface area contributed by atoms with Crippen LogP contribution in [0.4, 0.5) is 0 Å². The molecule has 2 saturated heterocycles. The zero-order chi connectivity index (χ0) is 13.2. The molecule has 0 aromatic heterocycles. The Morgan fingerprint density at radius 2 is 2.28 bits per heavy atom. The van der Waals surface area contributed by atoms with Crippen LogP contribution in [-0.2, 0) is 9.47 Å². The van der Waals surface area contributed by atoms with E-state index in [0.717, 1.165) is 6.42 Å². The molecule has 4 nitrogen and oxygen atoms in total. The largest absolute Gasteiger partial charge is 0.347 e. The van der Waals surface area contributed by atoms with Gasteiger partial charge in [-0.05, 0) is 40.2 Å². The molecule has 102 valence electrons. The molecule has 0 saturated carbocycles. The lowest BCUT2D eigenvalue weighted by Gasteiger charge is -2.33. The van der Waals surface area contributed by atoms with Gasteiger partial charge in [0.05, 0.1) is 25.2 Å². The molecule has 2 rings (SSSR count). The zero-order valence-corrected chi connectivity index (χ0v) is 11.7. The van der Waals surface area contributed by atoms with E-state index >= 15 is 0 Å². The SMILES string of the molecule is CC(C)N1CCCC1CC1(C)OCC(CC#N)O1. The summed E-state index contributed by atoms with van der Waals surface area (Å²) in [5.74, 6) is -0.496. The molecule has 18 heavy (non-hydrogen) atoms. The fourth-order valence-electron chi connectivity index (χ4n) is 3.18. The van der Waals surface area contributed by atoms with Crippen LogP contribution in [-0.4, -0.2) is 42.0 Å². The maximum absolute atomic E-state index is 8.70. The van der Waals surface area contributed by atoms with Crippen molar-refractivity contribution in [3.63, 3.8) is 0 Å². The smallest absolute Gasteiger partial charge is 0.167 e. The van der Waals surface area contributed by atoms with Gasteiger partial charge in [0.2, 0.25) is 0 Å². The van der Waals surface area contributed by atoms with Gasteiger partial charge in [0.15, 0.2) is 5.79 Å². The van der Waals surface area contributed by atoms with Crippen molar-refractivity contribution in [1.82, 2.24) is 4.90 Å². The molecule has 2 aliphatic rings. The molecule has 0 amide bonds. The van der Waals surface area contributed by atoms with Gasteiger partial charge in [-0.2, -0.15) is 5.26 Å². The second-order valence-corrected chi connectivity index (χ2v) is 5.88. The molecule has 3 unspecified atom stereocenters. The number of rotatable bonds is 4. The number of ether oxygens (including phenoxy) is 2. The Labute approximate surface area is 110 Å². The average Bonchev–Trinajstić information content (AvgIpc) is 2.87. The lowest BCUT2D eigenvalue weighted by Crippen LogP contribution is -2.41. The van der Waals surface area contributed by atoms with Crippen LogP contribution < -0.4 is 0 Å². The Morgan fingerprint density at radius 1 is 1.50 bits per heavy atom. The van der Waals surface area contributed by atoms with Crippen molar-refractivity contribution in [2.45, 2.75) is 70.4 Å². The van der Waals surface area contributed by atoms with Gasteiger partial charge in [-0.25, -0.2) is 0 Å². The topological polar surface area (TPSA) is 45.5 Å². The predicted octanol–water partition coefficient (Wildman–Crippen LogP) is 2.29. The molecular weight excluding hydrogens is 228 g/mol. The fraction of sp³-hybridized carbons (Fsp3) is 0.929. The van der Waals surface area contributed by atoms with E-state index < -0.39 is 5.79 Å². The van der Waals surface area contributed by atoms with Crippen molar-refractivity contribution in [2.75, 3.05) is 13.2 Å². The summed E-state index contributed by atoms with van der Waals surface area (Å²) in [6.45, 7) is 8.24. The highest BCUT2D eigenvalue weighted by atomic mass is 16.7. The summed E-state index contributed by atoms with van der Waals surface area (Å²) in [5.41, 5.74) is 0. The van der Waals surface area contributed by atoms with Crippen LogP contribution in [0, 0.1) is 11.3 Å². The highest BCUT2D eigenvalue weighted by Crippen LogP contribution is 2.34. The van der Waals surface area contributed by atoms with E-state index in [0.29, 0.717) is 25.1 Å². The van der Waals surface area contributed by atoms with E-state index in [1.165, 1.54) is 19.4 Å². The number of hydrogen-bond donors (Lipinski definition) is 0. The van der Waals surface area contributed by atoms with Gasteiger partial charge < -0.3 is 9.47 Å². The molecule has 2 aliphatic heterocycles. The molecule has 3 atom stereocenters. The number of nitrogens with zero attached hydrogens (tertiary/aromatic N) is 2. The van der Waals surface area contributed by atoms with Crippen LogP contribution in [0.15, 0.2) is 0 Å². The number of nitriles is 1. The Morgan fingerprint density at radius 3 is 2.94 bits per heavy atom. The van der Waals surface area contributed by atoms with Crippen LogP contribution in [0.2, 0.25) is 0 Å². The van der Waals surface area contributed by atoms with Gasteiger partial charge in [0, 0.05) is 18.5 Å². The minimum atomic E-state index is -0.496. The standard InChI is InChI=1S/C14H24N2O2/c1-11(2)16-8-4-5-12(16)9-14(3)17-10-13(18-14)6-7-15/h11-13H,4-6,8-10H2,1-3H3. The summed E-state index contributed by atoms with van der Waals surface area (Å²) < 4.78 is 11.7. The molecule has 0 N–H and O–H groups in total. The van der Waals surface area contributed by atoms with E-state index in [4.69, 9.17) is 14.7 Å². The maximum atomic E-state index is 8.70. The quantitative estimate of drug-likeness (QED) is 0.770. The third-order valence-corrected chi connectivity index (χ3v) is 4.00. The highest BCUT2D eigenvalue weighted by molar-refractivity contribution is 4.89. The zero-order valence-electron chi connectivity index (χ0n) is 11.7. The van der Waals surface area contributed by atoms with Crippen molar-refractivity contribution < 1.29 is 9.47 Å². The Bertz CT molecular complexity index is 326. The van der Waals surface area contributed by atoms with Gasteiger partial charge in [0.25, 0.3) is 0 Å². The fourth-order valence-corrected chi connectivity index (χ4v) is 3.18. The van der Waals surface area contributed by atoms with Crippen molar-refractivity contribution in [2.24, 2.45) is 0 Å². The lowest BCUT2D eigenvalue weighted by molar-refractivity contribution is -0.166. The van der Waals surface area contributed by atoms with Crippen molar-refractivity contribution in [1.29, 1.82) is 5.26 Å². The van der Waals surface area contributed by atoms with Gasteiger partial charge in [-0.3, -0.25) is 4.90 Å². The Balaban J connectivity index is 1.91. The number of likely N-dealkylation sites (tertiary alicyclic amines) is 1. The summed E-state index contributed by atoms with van der Waals surface area (Å²) in [6, 6.07) is 3.29. The van der Waals surface area contributed by atoms with Crippen molar-refractivity contribution in [3.05, 3.63) is 0 Å². The van der Waals surface area contributed by atoms with Crippen molar-refractivity contribution in [3.8, 4) is 6.07 Å². The maximum Gasteiger partial charge on any atom is 0.167 e. The molecule has 0 spiro atoms. The van der Waals surface area contributed by atoms with E-state index in [1.54, 1.807) is 0 Å². The Hall–Kier alpha value is -0.630. The molecule has 0 aromatic rings. The first-order chi connectivity index (χ1) is 8.54. The minimum Gasteiger partial charge on any atom is -0.347 e. The molecule has 2 heterocycles. The molecule has 0 bridgehead atoms. The van der Waals surface area contributed by atoms with Gasteiger partial charge >= 0.3 is 0 Å². The second kappa shape index (κ2) is 5.56. The summed E-state index contributed by atoms with van der Waals surface area (Å²) in [4.78, 5) is 2.54. The van der Waals surface area contributed by atoms with E-state index in [-0.39, 0.29) is 6.10 Å². The molecule has 2 fully saturated rings. The predicted molar refractivity (Wildman–Crippen MR) is 68.9 cm³/mol. The monoisotopic (exact) mass is 252 g/mol. The molecule has 0 aromatic carbocycles. The first-order valence-electron chi connectivity index (χ1n) is 6.98. The third kappa shape index (κ3) is 3.03. The van der Waals surface area contributed by atoms with E-state index in [9.17, 15) is 0 Å². The third-order valence-electron chi connectivity index (χ3n) is 4.00. The summed E-state index contributed by atoms with van der Waals surface area (Å²) in [5, 5.41) is 8.70. The first-order valence-corrected chi connectivity index (χ1v) is 6.98. The number of hydrogen-bond acceptors (Lipinski definition) is 4.